The van der Waals surface area contributed by atoms with Gasteiger partial charge >= 0.3 is 0 Å². The monoisotopic (exact) mass is 949 g/mol. The molecule has 1 heterocycles. The average Bonchev–Trinajstić information content (AvgIpc) is 3.43. The van der Waals surface area contributed by atoms with E-state index in [-0.39, 0.29) is 5.41 Å². The summed E-state index contributed by atoms with van der Waals surface area (Å²) in [6.45, 7) is 3.75. The number of benzene rings is 9. The first-order chi connectivity index (χ1) is 35.3. The fraction of sp³-hybridized carbons (Fsp3) is 0.179. The van der Waals surface area contributed by atoms with Crippen LogP contribution < -0.4 is 5.30 Å². The molecule has 4 aliphatic carbocycles. The van der Waals surface area contributed by atoms with E-state index in [1.807, 2.05) is 13.3 Å². The summed E-state index contributed by atoms with van der Waals surface area (Å²) in [4.78, 5) is 15.8. The van der Waals surface area contributed by atoms with Crippen LogP contribution in [0.2, 0.25) is 0 Å². The quantitative estimate of drug-likeness (QED) is 0.128. The van der Waals surface area contributed by atoms with E-state index in [4.69, 9.17) is 15.0 Å². The summed E-state index contributed by atoms with van der Waals surface area (Å²) >= 11 is 0. The Morgan fingerprint density at radius 3 is 1.35 bits per heavy atom. The maximum absolute atomic E-state index is 13.4. The van der Waals surface area contributed by atoms with Gasteiger partial charge in [-0.1, -0.05) is 212 Å². The molecular weight excluding hydrogens is 894 g/mol. The van der Waals surface area contributed by atoms with Gasteiger partial charge in [0.1, 0.15) is 7.14 Å². The first-order valence-electron chi connectivity index (χ1n) is 25.7. The molecule has 0 amide bonds. The molecular formula is C67H56N3OP. The molecule has 4 aliphatic rings. The zero-order chi connectivity index (χ0) is 48.4. The Morgan fingerprint density at radius 1 is 0.361 bits per heavy atom. The molecule has 0 radical (unpaired) electrons. The highest BCUT2D eigenvalue weighted by Crippen LogP contribution is 2.65. The third-order valence-electron chi connectivity index (χ3n) is 16.5. The Bertz CT molecular complexity index is 3650. The number of nitrogens with zero attached hydrogens (tertiary/aromatic N) is 3. The lowest BCUT2D eigenvalue weighted by atomic mass is 9.42. The SMILES string of the molecule is CP(C)(=O)c1ccc(-c2ccc(C3(c4ccc(-c5nc(-c6ccc(-c7ccccc7-c7ccccc7)cc6)nc(-c6cccc(-c7ccccc7)c6)n5)cc4)C4CC5CC(C4)CC3C5)cc2)c2ccccc12. The molecule has 1 aromatic heterocycles. The van der Waals surface area contributed by atoms with Gasteiger partial charge in [-0.15, -0.1) is 0 Å². The molecule has 4 bridgehead atoms. The highest BCUT2D eigenvalue weighted by molar-refractivity contribution is 7.70. The van der Waals surface area contributed by atoms with Gasteiger partial charge in [-0.05, 0) is 142 Å². The minimum atomic E-state index is -2.46. The number of rotatable bonds is 10. The van der Waals surface area contributed by atoms with E-state index in [1.54, 1.807) is 0 Å². The van der Waals surface area contributed by atoms with Crippen LogP contribution >= 0.6 is 7.14 Å². The van der Waals surface area contributed by atoms with Gasteiger partial charge < -0.3 is 4.57 Å². The van der Waals surface area contributed by atoms with E-state index in [0.29, 0.717) is 29.3 Å². The maximum Gasteiger partial charge on any atom is 0.164 e. The predicted octanol–water partition coefficient (Wildman–Crippen LogP) is 16.7. The smallest absolute Gasteiger partial charge is 0.164 e. The number of aromatic nitrogens is 3. The van der Waals surface area contributed by atoms with Crippen molar-refractivity contribution < 1.29 is 4.57 Å². The first kappa shape index (κ1) is 44.4. The highest BCUT2D eigenvalue weighted by atomic mass is 31.2. The fourth-order valence-electron chi connectivity index (χ4n) is 13.5. The van der Waals surface area contributed by atoms with Gasteiger partial charge in [0.15, 0.2) is 17.5 Å². The maximum atomic E-state index is 13.4. The van der Waals surface area contributed by atoms with Gasteiger partial charge in [-0.25, -0.2) is 15.0 Å². The molecule has 0 N–H and O–H groups in total. The number of fused-ring (bicyclic) bond motifs is 1. The van der Waals surface area contributed by atoms with E-state index in [2.05, 4.69) is 218 Å². The van der Waals surface area contributed by atoms with Crippen molar-refractivity contribution in [2.75, 3.05) is 13.3 Å². The fourth-order valence-corrected chi connectivity index (χ4v) is 14.7. The van der Waals surface area contributed by atoms with E-state index in [1.165, 1.54) is 71.0 Å². The standard InChI is InChI=1S/C67H56N3OP/c1-72(2,71)63-37-36-60(61-22-11-12-23-62(61)63)49-28-32-54(33-29-49)67(56-39-44-38-45(41-56)42-57(67)40-44)55-34-30-51(31-35-55)65-68-64(69-66(70-65)53-19-13-18-52(43-53)46-14-5-3-6-15-46)50-26-24-48(25-27-50)59-21-10-9-20-58(59)47-16-7-4-8-17-47/h3-37,43-45,56-57H,38-42H2,1-2H3. The third kappa shape index (κ3) is 7.85. The van der Waals surface area contributed by atoms with Crippen LogP contribution in [0.5, 0.6) is 0 Å². The van der Waals surface area contributed by atoms with Crippen LogP contribution in [0, 0.1) is 23.7 Å². The summed E-state index contributed by atoms with van der Waals surface area (Å²) in [5.41, 5.74) is 15.0. The zero-order valence-corrected chi connectivity index (χ0v) is 41.7. The molecule has 0 aliphatic heterocycles. The Balaban J connectivity index is 0.894. The van der Waals surface area contributed by atoms with Crippen molar-refractivity contribution >= 4 is 23.2 Å². The lowest BCUT2D eigenvalue weighted by Crippen LogP contribution is -2.56. The second-order valence-electron chi connectivity index (χ2n) is 21.1. The number of hydrogen-bond acceptors (Lipinski definition) is 4. The summed E-state index contributed by atoms with van der Waals surface area (Å²) < 4.78 is 13.4. The first-order valence-corrected chi connectivity index (χ1v) is 28.3. The van der Waals surface area contributed by atoms with E-state index >= 15 is 0 Å². The van der Waals surface area contributed by atoms with Crippen molar-refractivity contribution in [2.45, 2.75) is 37.5 Å². The lowest BCUT2D eigenvalue weighted by molar-refractivity contribution is -0.0418. The van der Waals surface area contributed by atoms with Gasteiger partial charge in [-0.2, -0.15) is 0 Å². The van der Waals surface area contributed by atoms with Crippen LogP contribution in [-0.2, 0) is 9.98 Å². The Labute approximate surface area is 423 Å². The minimum Gasteiger partial charge on any atom is -0.319 e. The molecule has 4 fully saturated rings. The van der Waals surface area contributed by atoms with Crippen LogP contribution in [0.4, 0.5) is 0 Å². The van der Waals surface area contributed by atoms with Gasteiger partial charge in [0, 0.05) is 27.4 Å². The summed E-state index contributed by atoms with van der Waals surface area (Å²) in [5.74, 6) is 4.78. The molecule has 0 unspecified atom stereocenters. The molecule has 4 saturated carbocycles. The largest absolute Gasteiger partial charge is 0.319 e. The van der Waals surface area contributed by atoms with Crippen molar-refractivity contribution in [3.8, 4) is 78.7 Å². The number of hydrogen-bond donors (Lipinski definition) is 0. The topological polar surface area (TPSA) is 55.7 Å². The molecule has 10 aromatic rings. The molecule has 9 aromatic carbocycles. The van der Waals surface area contributed by atoms with Crippen LogP contribution in [0.25, 0.3) is 89.4 Å². The Morgan fingerprint density at radius 2 is 0.778 bits per heavy atom. The molecule has 14 rings (SSSR count). The van der Waals surface area contributed by atoms with E-state index < -0.39 is 7.14 Å². The van der Waals surface area contributed by atoms with Crippen molar-refractivity contribution in [1.29, 1.82) is 0 Å². The van der Waals surface area contributed by atoms with Crippen molar-refractivity contribution in [3.05, 3.63) is 230 Å². The van der Waals surface area contributed by atoms with E-state index in [9.17, 15) is 4.57 Å². The average molecular weight is 950 g/mol. The van der Waals surface area contributed by atoms with Crippen LogP contribution in [0.15, 0.2) is 218 Å². The Hall–Kier alpha value is -7.52. The molecule has 0 atom stereocenters. The summed E-state index contributed by atoms with van der Waals surface area (Å²) in [5, 5.41) is 3.19. The molecule has 0 spiro atoms. The highest BCUT2D eigenvalue weighted by Gasteiger charge is 2.58. The molecule has 0 saturated heterocycles. The van der Waals surface area contributed by atoms with Crippen molar-refractivity contribution in [1.82, 2.24) is 15.0 Å². The van der Waals surface area contributed by atoms with Gasteiger partial charge in [0.2, 0.25) is 0 Å². The van der Waals surface area contributed by atoms with Crippen LogP contribution in [-0.4, -0.2) is 28.3 Å². The molecule has 72 heavy (non-hydrogen) atoms. The van der Waals surface area contributed by atoms with Crippen molar-refractivity contribution in [3.63, 3.8) is 0 Å². The minimum absolute atomic E-state index is 0.0817. The third-order valence-corrected chi connectivity index (χ3v) is 18.1. The molecule has 5 heteroatoms. The Kier molecular flexibility index (Phi) is 11.1. The molecule has 4 nitrogen and oxygen atoms in total. The van der Waals surface area contributed by atoms with Gasteiger partial charge in [0.25, 0.3) is 0 Å². The summed E-state index contributed by atoms with van der Waals surface area (Å²) in [7, 11) is -2.46. The summed E-state index contributed by atoms with van der Waals surface area (Å²) in [6.07, 6.45) is 6.55. The van der Waals surface area contributed by atoms with E-state index in [0.717, 1.165) is 61.3 Å². The lowest BCUT2D eigenvalue weighted by Gasteiger charge is -2.62. The van der Waals surface area contributed by atoms with Crippen LogP contribution in [0.3, 0.4) is 0 Å². The zero-order valence-electron chi connectivity index (χ0n) is 40.8. The van der Waals surface area contributed by atoms with Gasteiger partial charge in [0.05, 0.1) is 0 Å². The summed E-state index contributed by atoms with van der Waals surface area (Å²) in [6, 6.07) is 78.6. The normalized spacial score (nSPS) is 20.2. The van der Waals surface area contributed by atoms with Gasteiger partial charge in [-0.3, -0.25) is 0 Å². The molecule has 350 valence electrons. The van der Waals surface area contributed by atoms with Crippen molar-refractivity contribution in [2.24, 2.45) is 23.7 Å². The second kappa shape index (κ2) is 18.0. The van der Waals surface area contributed by atoms with Crippen LogP contribution in [0.1, 0.15) is 43.2 Å². The second-order valence-corrected chi connectivity index (χ2v) is 24.3. The predicted molar refractivity (Wildman–Crippen MR) is 299 cm³/mol.